The van der Waals surface area contributed by atoms with Crippen LogP contribution in [0.4, 0.5) is 10.8 Å². The van der Waals surface area contributed by atoms with Gasteiger partial charge in [0, 0.05) is 12.7 Å². The van der Waals surface area contributed by atoms with Crippen LogP contribution in [0.15, 0.2) is 24.4 Å². The van der Waals surface area contributed by atoms with E-state index in [4.69, 9.17) is 0 Å². The predicted molar refractivity (Wildman–Crippen MR) is 77.4 cm³/mol. The van der Waals surface area contributed by atoms with Gasteiger partial charge in [-0.25, -0.2) is 9.78 Å². The van der Waals surface area contributed by atoms with Crippen molar-refractivity contribution in [1.29, 1.82) is 0 Å². The third-order valence-corrected chi connectivity index (χ3v) is 3.81. The zero-order chi connectivity index (χ0) is 14.0. The molecule has 0 aliphatic rings. The number of carbonyl (C=O) groups excluding carboxylic acids is 1. The summed E-state index contributed by atoms with van der Waals surface area (Å²) in [5, 5.41) is 0.769. The SMILES string of the molecule is COC(=O)c1cnc(N(C)c2cc(C)cc(C)c2)s1. The van der Waals surface area contributed by atoms with Gasteiger partial charge in [-0.2, -0.15) is 0 Å². The van der Waals surface area contributed by atoms with E-state index in [2.05, 4.69) is 41.8 Å². The molecule has 0 saturated carbocycles. The molecule has 0 fully saturated rings. The summed E-state index contributed by atoms with van der Waals surface area (Å²) >= 11 is 1.32. The van der Waals surface area contributed by atoms with Gasteiger partial charge in [-0.05, 0) is 37.1 Å². The Morgan fingerprint density at radius 3 is 2.47 bits per heavy atom. The van der Waals surface area contributed by atoms with Crippen LogP contribution < -0.4 is 4.90 Å². The summed E-state index contributed by atoms with van der Waals surface area (Å²) < 4.78 is 4.69. The van der Waals surface area contributed by atoms with Crippen molar-refractivity contribution >= 4 is 28.1 Å². The Labute approximate surface area is 116 Å². The number of hydrogen-bond acceptors (Lipinski definition) is 5. The van der Waals surface area contributed by atoms with E-state index >= 15 is 0 Å². The Morgan fingerprint density at radius 1 is 1.26 bits per heavy atom. The second-order valence-electron chi connectivity index (χ2n) is 4.40. The molecule has 0 atom stereocenters. The minimum absolute atomic E-state index is 0.349. The number of ether oxygens (including phenoxy) is 1. The van der Waals surface area contributed by atoms with Gasteiger partial charge in [-0.3, -0.25) is 0 Å². The maximum Gasteiger partial charge on any atom is 0.349 e. The van der Waals surface area contributed by atoms with Gasteiger partial charge in [0.1, 0.15) is 4.88 Å². The number of carbonyl (C=O) groups is 1. The molecule has 5 heteroatoms. The lowest BCUT2D eigenvalue weighted by molar-refractivity contribution is 0.0606. The molecule has 4 nitrogen and oxygen atoms in total. The fraction of sp³-hybridized carbons (Fsp3) is 0.286. The van der Waals surface area contributed by atoms with Gasteiger partial charge in [-0.15, -0.1) is 0 Å². The van der Waals surface area contributed by atoms with E-state index in [0.717, 1.165) is 10.8 Å². The predicted octanol–water partition coefficient (Wildman–Crippen LogP) is 3.31. The van der Waals surface area contributed by atoms with Gasteiger partial charge < -0.3 is 9.64 Å². The monoisotopic (exact) mass is 276 g/mol. The molecule has 0 amide bonds. The second-order valence-corrected chi connectivity index (χ2v) is 5.41. The third kappa shape index (κ3) is 2.93. The number of benzene rings is 1. The Hall–Kier alpha value is -1.88. The number of rotatable bonds is 3. The number of hydrogen-bond donors (Lipinski definition) is 0. The lowest BCUT2D eigenvalue weighted by Gasteiger charge is -2.17. The van der Waals surface area contributed by atoms with Crippen molar-refractivity contribution in [2.24, 2.45) is 0 Å². The molecule has 1 aromatic carbocycles. The summed E-state index contributed by atoms with van der Waals surface area (Å²) in [6.45, 7) is 4.12. The van der Waals surface area contributed by atoms with E-state index in [0.29, 0.717) is 4.88 Å². The topological polar surface area (TPSA) is 42.4 Å². The van der Waals surface area contributed by atoms with E-state index in [1.807, 2.05) is 11.9 Å². The van der Waals surface area contributed by atoms with Crippen LogP contribution in [-0.4, -0.2) is 25.1 Å². The summed E-state index contributed by atoms with van der Waals surface area (Å²) in [6.07, 6.45) is 1.55. The molecule has 0 aliphatic heterocycles. The van der Waals surface area contributed by atoms with Crippen LogP contribution in [0.3, 0.4) is 0 Å². The van der Waals surface area contributed by atoms with Crippen LogP contribution >= 0.6 is 11.3 Å². The first-order valence-electron chi connectivity index (χ1n) is 5.87. The van der Waals surface area contributed by atoms with Gasteiger partial charge in [0.05, 0.1) is 13.3 Å². The summed E-state index contributed by atoms with van der Waals surface area (Å²) in [5.41, 5.74) is 3.46. The van der Waals surface area contributed by atoms with E-state index in [1.165, 1.54) is 29.6 Å². The highest BCUT2D eigenvalue weighted by Crippen LogP contribution is 2.29. The van der Waals surface area contributed by atoms with Gasteiger partial charge in [0.2, 0.25) is 0 Å². The Balaban J connectivity index is 2.30. The van der Waals surface area contributed by atoms with Crippen molar-refractivity contribution in [2.45, 2.75) is 13.8 Å². The number of aryl methyl sites for hydroxylation is 2. The molecule has 0 saturated heterocycles. The lowest BCUT2D eigenvalue weighted by atomic mass is 10.1. The molecule has 1 aromatic heterocycles. The molecule has 100 valence electrons. The maximum absolute atomic E-state index is 11.4. The standard InChI is InChI=1S/C14H16N2O2S/c1-9-5-10(2)7-11(6-9)16(3)14-15-8-12(19-14)13(17)18-4/h5-8H,1-4H3. The minimum atomic E-state index is -0.349. The summed E-state index contributed by atoms with van der Waals surface area (Å²) in [7, 11) is 3.31. The second kappa shape index (κ2) is 5.40. The highest BCUT2D eigenvalue weighted by molar-refractivity contribution is 7.17. The fourth-order valence-electron chi connectivity index (χ4n) is 1.87. The molecule has 2 aromatic rings. The Morgan fingerprint density at radius 2 is 1.89 bits per heavy atom. The third-order valence-electron chi connectivity index (χ3n) is 2.76. The van der Waals surface area contributed by atoms with Gasteiger partial charge in [0.15, 0.2) is 5.13 Å². The van der Waals surface area contributed by atoms with Crippen molar-refractivity contribution in [3.8, 4) is 0 Å². The quantitative estimate of drug-likeness (QED) is 0.807. The zero-order valence-corrected chi connectivity index (χ0v) is 12.2. The van der Waals surface area contributed by atoms with E-state index in [-0.39, 0.29) is 5.97 Å². The van der Waals surface area contributed by atoms with Crippen molar-refractivity contribution in [1.82, 2.24) is 4.98 Å². The van der Waals surface area contributed by atoms with Crippen LogP contribution in [-0.2, 0) is 4.74 Å². The smallest absolute Gasteiger partial charge is 0.349 e. The molecule has 0 unspecified atom stereocenters. The molecule has 0 aliphatic carbocycles. The Bertz CT molecular complexity index is 587. The summed E-state index contributed by atoms with van der Waals surface area (Å²) in [6, 6.07) is 6.30. The number of anilines is 2. The molecule has 19 heavy (non-hydrogen) atoms. The largest absolute Gasteiger partial charge is 0.465 e. The minimum Gasteiger partial charge on any atom is -0.465 e. The van der Waals surface area contributed by atoms with Crippen LogP contribution in [0.2, 0.25) is 0 Å². The molecular weight excluding hydrogens is 260 g/mol. The van der Waals surface area contributed by atoms with Gasteiger partial charge in [-0.1, -0.05) is 17.4 Å². The van der Waals surface area contributed by atoms with Gasteiger partial charge >= 0.3 is 5.97 Å². The summed E-state index contributed by atoms with van der Waals surface area (Å²) in [5.74, 6) is -0.349. The normalized spacial score (nSPS) is 10.3. The highest BCUT2D eigenvalue weighted by atomic mass is 32.1. The summed E-state index contributed by atoms with van der Waals surface area (Å²) in [4.78, 5) is 18.2. The van der Waals surface area contributed by atoms with Crippen LogP contribution in [0, 0.1) is 13.8 Å². The van der Waals surface area contributed by atoms with E-state index in [1.54, 1.807) is 6.20 Å². The number of thiazole rings is 1. The first kappa shape index (κ1) is 13.5. The molecular formula is C14H16N2O2S. The van der Waals surface area contributed by atoms with Crippen molar-refractivity contribution in [3.05, 3.63) is 40.4 Å². The van der Waals surface area contributed by atoms with Crippen molar-refractivity contribution in [3.63, 3.8) is 0 Å². The number of esters is 1. The molecule has 0 spiro atoms. The fourth-order valence-corrected chi connectivity index (χ4v) is 2.69. The zero-order valence-electron chi connectivity index (χ0n) is 11.4. The van der Waals surface area contributed by atoms with Crippen LogP contribution in [0.25, 0.3) is 0 Å². The highest BCUT2D eigenvalue weighted by Gasteiger charge is 2.14. The lowest BCUT2D eigenvalue weighted by Crippen LogP contribution is -2.09. The average molecular weight is 276 g/mol. The maximum atomic E-state index is 11.4. The van der Waals surface area contributed by atoms with Crippen LogP contribution in [0.1, 0.15) is 20.8 Å². The first-order chi connectivity index (χ1) is 9.01. The van der Waals surface area contributed by atoms with Gasteiger partial charge in [0.25, 0.3) is 0 Å². The molecule has 0 N–H and O–H groups in total. The number of nitrogens with zero attached hydrogens (tertiary/aromatic N) is 2. The Kier molecular flexibility index (Phi) is 3.85. The molecule has 0 radical (unpaired) electrons. The first-order valence-corrected chi connectivity index (χ1v) is 6.69. The van der Waals surface area contributed by atoms with E-state index < -0.39 is 0 Å². The number of methoxy groups -OCH3 is 1. The van der Waals surface area contributed by atoms with Crippen LogP contribution in [0.5, 0.6) is 0 Å². The van der Waals surface area contributed by atoms with Crippen molar-refractivity contribution < 1.29 is 9.53 Å². The molecule has 0 bridgehead atoms. The average Bonchev–Trinajstić information content (AvgIpc) is 2.85. The van der Waals surface area contributed by atoms with Crippen molar-refractivity contribution in [2.75, 3.05) is 19.1 Å². The molecule has 1 heterocycles. The van der Waals surface area contributed by atoms with E-state index in [9.17, 15) is 4.79 Å². The molecule has 2 rings (SSSR count). The number of aromatic nitrogens is 1.